The van der Waals surface area contributed by atoms with Crippen molar-refractivity contribution in [2.24, 2.45) is 0 Å². The van der Waals surface area contributed by atoms with Gasteiger partial charge in [0.2, 0.25) is 0 Å². The third kappa shape index (κ3) is 2.88. The molecule has 0 radical (unpaired) electrons. The third-order valence-electron chi connectivity index (χ3n) is 2.83. The fraction of sp³-hybridized carbons (Fsp3) is 0.615. The number of aromatic nitrogens is 1. The highest BCUT2D eigenvalue weighted by atomic mass is 16.5. The van der Waals surface area contributed by atoms with Crippen molar-refractivity contribution in [1.82, 2.24) is 9.88 Å². The van der Waals surface area contributed by atoms with Gasteiger partial charge in [-0.1, -0.05) is 0 Å². The zero-order valence-corrected chi connectivity index (χ0v) is 11.1. The molecule has 0 atom stereocenters. The van der Waals surface area contributed by atoms with Gasteiger partial charge in [-0.2, -0.15) is 0 Å². The molecule has 0 bridgehead atoms. The second kappa shape index (κ2) is 4.53. The van der Waals surface area contributed by atoms with Crippen molar-refractivity contribution in [3.63, 3.8) is 0 Å². The molecule has 0 spiro atoms. The first-order valence-electron chi connectivity index (χ1n) is 6.02. The van der Waals surface area contributed by atoms with Crippen molar-refractivity contribution in [1.29, 1.82) is 0 Å². The smallest absolute Gasteiger partial charge is 0.171 e. The maximum Gasteiger partial charge on any atom is 0.171 e. The Morgan fingerprint density at radius 2 is 2.24 bits per heavy atom. The average Bonchev–Trinajstić information content (AvgIpc) is 2.24. The summed E-state index contributed by atoms with van der Waals surface area (Å²) in [6.07, 6.45) is 1.82. The topological polar surface area (TPSA) is 28.6 Å². The molecule has 0 aliphatic carbocycles. The summed E-state index contributed by atoms with van der Waals surface area (Å²) < 4.78 is 5.94. The predicted molar refractivity (Wildman–Crippen MR) is 69.7 cm³/mol. The standard InChI is InChI=1S/C13H21N3O/c1-13(2)10-16(9-8-15(3)4)12-11(17-13)6-5-7-14-12/h5-7H,8-10H2,1-4H3. The van der Waals surface area contributed by atoms with Crippen molar-refractivity contribution >= 4 is 5.82 Å². The minimum atomic E-state index is -0.150. The fourth-order valence-corrected chi connectivity index (χ4v) is 2.07. The number of hydrogen-bond donors (Lipinski definition) is 0. The van der Waals surface area contributed by atoms with Gasteiger partial charge in [0.25, 0.3) is 0 Å². The summed E-state index contributed by atoms with van der Waals surface area (Å²) >= 11 is 0. The van der Waals surface area contributed by atoms with Gasteiger partial charge in [-0.25, -0.2) is 4.98 Å². The molecule has 0 saturated heterocycles. The van der Waals surface area contributed by atoms with Crippen molar-refractivity contribution in [2.75, 3.05) is 38.6 Å². The van der Waals surface area contributed by atoms with E-state index in [1.54, 1.807) is 0 Å². The van der Waals surface area contributed by atoms with Crippen LogP contribution in [0.2, 0.25) is 0 Å². The Labute approximate surface area is 103 Å². The lowest BCUT2D eigenvalue weighted by Gasteiger charge is -2.40. The molecule has 1 aliphatic heterocycles. The molecular weight excluding hydrogens is 214 g/mol. The van der Waals surface area contributed by atoms with E-state index in [2.05, 4.69) is 42.7 Å². The normalized spacial score (nSPS) is 17.8. The number of pyridine rings is 1. The van der Waals surface area contributed by atoms with E-state index in [1.165, 1.54) is 0 Å². The van der Waals surface area contributed by atoms with Crippen LogP contribution in [0.15, 0.2) is 18.3 Å². The molecule has 0 saturated carbocycles. The molecule has 0 aromatic carbocycles. The van der Waals surface area contributed by atoms with Crippen LogP contribution >= 0.6 is 0 Å². The van der Waals surface area contributed by atoms with Crippen molar-refractivity contribution in [3.05, 3.63) is 18.3 Å². The van der Waals surface area contributed by atoms with Gasteiger partial charge in [0.05, 0.1) is 6.54 Å². The molecule has 0 N–H and O–H groups in total. The zero-order valence-electron chi connectivity index (χ0n) is 11.1. The van der Waals surface area contributed by atoms with Crippen LogP contribution in [0.5, 0.6) is 5.75 Å². The predicted octanol–water partition coefficient (Wildman–Crippen LogP) is 1.62. The maximum absolute atomic E-state index is 5.94. The van der Waals surface area contributed by atoms with E-state index in [9.17, 15) is 0 Å². The number of rotatable bonds is 3. The SMILES string of the molecule is CN(C)CCN1CC(C)(C)Oc2cccnc21. The first kappa shape index (κ1) is 12.2. The minimum absolute atomic E-state index is 0.150. The van der Waals surface area contributed by atoms with Gasteiger partial charge in [0, 0.05) is 19.3 Å². The number of ether oxygens (including phenoxy) is 1. The second-order valence-electron chi connectivity index (χ2n) is 5.41. The van der Waals surface area contributed by atoms with E-state index in [0.717, 1.165) is 31.2 Å². The van der Waals surface area contributed by atoms with E-state index >= 15 is 0 Å². The molecule has 1 aromatic rings. The summed E-state index contributed by atoms with van der Waals surface area (Å²) in [7, 11) is 4.18. The fourth-order valence-electron chi connectivity index (χ4n) is 2.07. The molecule has 4 nitrogen and oxygen atoms in total. The van der Waals surface area contributed by atoms with Crippen LogP contribution in [0.3, 0.4) is 0 Å². The Morgan fingerprint density at radius 3 is 2.94 bits per heavy atom. The molecule has 2 heterocycles. The summed E-state index contributed by atoms with van der Waals surface area (Å²) in [6, 6.07) is 3.91. The minimum Gasteiger partial charge on any atom is -0.482 e. The highest BCUT2D eigenvalue weighted by molar-refractivity contribution is 5.54. The van der Waals surface area contributed by atoms with Crippen LogP contribution in [0, 0.1) is 0 Å². The molecule has 1 aromatic heterocycles. The van der Waals surface area contributed by atoms with Gasteiger partial charge in [0.15, 0.2) is 11.6 Å². The van der Waals surface area contributed by atoms with Crippen LogP contribution < -0.4 is 9.64 Å². The summed E-state index contributed by atoms with van der Waals surface area (Å²) in [5.41, 5.74) is -0.150. The largest absolute Gasteiger partial charge is 0.482 e. The summed E-state index contributed by atoms with van der Waals surface area (Å²) in [4.78, 5) is 8.92. The summed E-state index contributed by atoms with van der Waals surface area (Å²) in [5, 5.41) is 0. The lowest BCUT2D eigenvalue weighted by molar-refractivity contribution is 0.103. The first-order valence-corrected chi connectivity index (χ1v) is 6.02. The van der Waals surface area contributed by atoms with Crippen LogP contribution in [0.4, 0.5) is 5.82 Å². The molecule has 0 fully saturated rings. The Balaban J connectivity index is 2.20. The molecular formula is C13H21N3O. The number of hydrogen-bond acceptors (Lipinski definition) is 4. The number of anilines is 1. The Morgan fingerprint density at radius 1 is 1.47 bits per heavy atom. The first-order chi connectivity index (χ1) is 7.98. The van der Waals surface area contributed by atoms with E-state index in [-0.39, 0.29) is 5.60 Å². The van der Waals surface area contributed by atoms with Gasteiger partial charge in [0.1, 0.15) is 5.60 Å². The molecule has 94 valence electrons. The van der Waals surface area contributed by atoms with Crippen LogP contribution in [0.25, 0.3) is 0 Å². The lowest BCUT2D eigenvalue weighted by atomic mass is 10.1. The van der Waals surface area contributed by atoms with Crippen LogP contribution in [-0.4, -0.2) is 49.2 Å². The van der Waals surface area contributed by atoms with Gasteiger partial charge >= 0.3 is 0 Å². The van der Waals surface area contributed by atoms with Gasteiger partial charge in [-0.3, -0.25) is 0 Å². The second-order valence-corrected chi connectivity index (χ2v) is 5.41. The Kier molecular flexibility index (Phi) is 3.24. The average molecular weight is 235 g/mol. The highest BCUT2D eigenvalue weighted by Gasteiger charge is 2.32. The highest BCUT2D eigenvalue weighted by Crippen LogP contribution is 2.34. The summed E-state index contributed by atoms with van der Waals surface area (Å²) in [6.45, 7) is 7.11. The summed E-state index contributed by atoms with van der Waals surface area (Å²) in [5.74, 6) is 1.86. The van der Waals surface area contributed by atoms with E-state index < -0.39 is 0 Å². The third-order valence-corrected chi connectivity index (χ3v) is 2.83. The van der Waals surface area contributed by atoms with Crippen LogP contribution in [0.1, 0.15) is 13.8 Å². The number of nitrogens with zero attached hydrogens (tertiary/aromatic N) is 3. The van der Waals surface area contributed by atoms with Gasteiger partial charge in [-0.15, -0.1) is 0 Å². The lowest BCUT2D eigenvalue weighted by Crippen LogP contribution is -2.49. The van der Waals surface area contributed by atoms with Gasteiger partial charge < -0.3 is 14.5 Å². The molecule has 1 aliphatic rings. The number of likely N-dealkylation sites (N-methyl/N-ethyl adjacent to an activating group) is 1. The maximum atomic E-state index is 5.94. The van der Waals surface area contributed by atoms with Crippen molar-refractivity contribution in [3.8, 4) is 5.75 Å². The molecule has 2 rings (SSSR count). The monoisotopic (exact) mass is 235 g/mol. The molecule has 0 unspecified atom stereocenters. The van der Waals surface area contributed by atoms with E-state index in [1.807, 2.05) is 18.3 Å². The zero-order chi connectivity index (χ0) is 12.5. The Bertz CT molecular complexity index is 390. The van der Waals surface area contributed by atoms with Crippen molar-refractivity contribution < 1.29 is 4.74 Å². The quantitative estimate of drug-likeness (QED) is 0.796. The van der Waals surface area contributed by atoms with Crippen molar-refractivity contribution in [2.45, 2.75) is 19.4 Å². The molecule has 17 heavy (non-hydrogen) atoms. The number of fused-ring (bicyclic) bond motifs is 1. The molecule has 0 amide bonds. The van der Waals surface area contributed by atoms with E-state index in [0.29, 0.717) is 0 Å². The van der Waals surface area contributed by atoms with Gasteiger partial charge in [-0.05, 0) is 40.1 Å². The van der Waals surface area contributed by atoms with E-state index in [4.69, 9.17) is 4.74 Å². The molecule has 4 heteroatoms. The van der Waals surface area contributed by atoms with Crippen LogP contribution in [-0.2, 0) is 0 Å². The Hall–Kier alpha value is -1.29.